The molecule has 8 heteroatoms. The number of fused-ring (bicyclic) bond motifs is 1. The number of aryl methyl sites for hydroxylation is 1. The van der Waals surface area contributed by atoms with Crippen LogP contribution in [-0.2, 0) is 0 Å². The van der Waals surface area contributed by atoms with Crippen molar-refractivity contribution in [3.8, 4) is 6.07 Å². The molecule has 0 atom stereocenters. The van der Waals surface area contributed by atoms with E-state index in [9.17, 15) is 15.2 Å². The van der Waals surface area contributed by atoms with Crippen LogP contribution in [0, 0.1) is 21.8 Å². The quantitative estimate of drug-likeness (QED) is 0.581. The second kappa shape index (κ2) is 6.30. The van der Waals surface area contributed by atoms with Gasteiger partial charge in [0.1, 0.15) is 6.07 Å². The number of aromatic nitrogens is 2. The number of carboxylic acid groups (broad SMARTS) is 1. The number of benzene rings is 1. The second-order valence-corrected chi connectivity index (χ2v) is 6.66. The van der Waals surface area contributed by atoms with Gasteiger partial charge in [0.05, 0.1) is 34.2 Å². The Balaban J connectivity index is 2.25. The first-order chi connectivity index (χ1) is 11.4. The van der Waals surface area contributed by atoms with E-state index >= 15 is 0 Å². The molecule has 0 aliphatic rings. The molecule has 1 aromatic carbocycles. The minimum atomic E-state index is -1.04. The third kappa shape index (κ3) is 2.79. The molecule has 0 bridgehead atoms. The molecule has 3 rings (SSSR count). The van der Waals surface area contributed by atoms with E-state index in [-0.39, 0.29) is 5.56 Å². The highest BCUT2D eigenvalue weighted by Gasteiger charge is 2.19. The summed E-state index contributed by atoms with van der Waals surface area (Å²) in [5.74, 6) is -1.04. The molecule has 2 aromatic heterocycles. The Bertz CT molecular complexity index is 1020. The molecule has 0 amide bonds. The van der Waals surface area contributed by atoms with E-state index in [0.717, 1.165) is 9.26 Å². The Hall–Kier alpha value is -2.31. The van der Waals surface area contributed by atoms with Gasteiger partial charge in [0.25, 0.3) is 0 Å². The number of nitriles is 1. The van der Waals surface area contributed by atoms with E-state index in [0.29, 0.717) is 27.4 Å². The third-order valence-electron chi connectivity index (χ3n) is 3.60. The number of anilines is 2. The van der Waals surface area contributed by atoms with E-state index in [1.807, 2.05) is 0 Å². The first-order valence-electron chi connectivity index (χ1n) is 6.78. The number of carboxylic acids is 1. The van der Waals surface area contributed by atoms with Gasteiger partial charge in [0.2, 0.25) is 0 Å². The van der Waals surface area contributed by atoms with Crippen LogP contribution in [0.2, 0.25) is 5.02 Å². The molecule has 0 radical (unpaired) electrons. The largest absolute Gasteiger partial charge is 0.478 e. The second-order valence-electron chi connectivity index (χ2n) is 5.06. The van der Waals surface area contributed by atoms with Crippen LogP contribution in [0.3, 0.4) is 0 Å². The molecule has 6 nitrogen and oxygen atoms in total. The van der Waals surface area contributed by atoms with Crippen molar-refractivity contribution in [3.05, 3.63) is 55.9 Å². The molecule has 0 saturated carbocycles. The van der Waals surface area contributed by atoms with Gasteiger partial charge in [-0.2, -0.15) is 10.4 Å². The average molecular weight is 453 g/mol. The van der Waals surface area contributed by atoms with Crippen molar-refractivity contribution < 1.29 is 9.90 Å². The van der Waals surface area contributed by atoms with E-state index in [1.54, 1.807) is 25.1 Å². The zero-order valence-corrected chi connectivity index (χ0v) is 15.3. The molecule has 0 unspecified atom stereocenters. The highest BCUT2D eigenvalue weighted by molar-refractivity contribution is 14.1. The van der Waals surface area contributed by atoms with Crippen molar-refractivity contribution in [1.29, 1.82) is 5.26 Å². The molecule has 0 aliphatic carbocycles. The Kier molecular flexibility index (Phi) is 4.34. The molecule has 24 heavy (non-hydrogen) atoms. The van der Waals surface area contributed by atoms with Crippen LogP contribution in [0.4, 0.5) is 11.4 Å². The van der Waals surface area contributed by atoms with Crippen molar-refractivity contribution in [2.75, 3.05) is 5.32 Å². The number of aromatic carboxylic acids is 1. The summed E-state index contributed by atoms with van der Waals surface area (Å²) in [7, 11) is 0. The molecule has 0 aliphatic heterocycles. The van der Waals surface area contributed by atoms with Gasteiger partial charge in [-0.25, -0.2) is 9.31 Å². The molecule has 0 spiro atoms. The fourth-order valence-corrected chi connectivity index (χ4v) is 3.45. The first kappa shape index (κ1) is 16.5. The average Bonchev–Trinajstić information content (AvgIpc) is 2.88. The van der Waals surface area contributed by atoms with E-state index in [2.05, 4.69) is 39.1 Å². The van der Waals surface area contributed by atoms with Crippen LogP contribution in [0.1, 0.15) is 21.5 Å². The minimum Gasteiger partial charge on any atom is -0.478 e. The van der Waals surface area contributed by atoms with Crippen molar-refractivity contribution in [2.45, 2.75) is 6.92 Å². The number of rotatable bonds is 3. The van der Waals surface area contributed by atoms with Crippen LogP contribution in [0.15, 0.2) is 30.6 Å². The number of hydrogen-bond acceptors (Lipinski definition) is 4. The number of nitrogens with zero attached hydrogens (tertiary/aromatic N) is 3. The van der Waals surface area contributed by atoms with Gasteiger partial charge in [-0.1, -0.05) is 11.6 Å². The fourth-order valence-electron chi connectivity index (χ4n) is 2.44. The molecular weight excluding hydrogens is 443 g/mol. The minimum absolute atomic E-state index is 0.145. The first-order valence-corrected chi connectivity index (χ1v) is 8.24. The molecule has 0 fully saturated rings. The molecule has 0 saturated heterocycles. The standard InChI is InChI=1S/C16H10ClIN4O2/c1-8-11(16(23)24)7-22-15(8)14(9(5-19)6-20-22)21-13-3-2-10(17)4-12(13)18/h2-4,6-7,21H,1H3,(H,23,24). The van der Waals surface area contributed by atoms with Gasteiger partial charge in [-0.05, 0) is 53.3 Å². The summed E-state index contributed by atoms with van der Waals surface area (Å²) in [5.41, 5.74) is 2.84. The van der Waals surface area contributed by atoms with E-state index < -0.39 is 5.97 Å². The Labute approximate surface area is 155 Å². The monoisotopic (exact) mass is 452 g/mol. The zero-order valence-electron chi connectivity index (χ0n) is 12.3. The number of hydrogen-bond donors (Lipinski definition) is 2. The van der Waals surface area contributed by atoms with Gasteiger partial charge >= 0.3 is 5.97 Å². The lowest BCUT2D eigenvalue weighted by atomic mass is 10.1. The SMILES string of the molecule is Cc1c(C(=O)O)cn2ncc(C#N)c(Nc3ccc(Cl)cc3I)c12. The Morgan fingerprint density at radius 2 is 2.25 bits per heavy atom. The van der Waals surface area contributed by atoms with Crippen molar-refractivity contribution in [2.24, 2.45) is 0 Å². The van der Waals surface area contributed by atoms with Crippen LogP contribution in [-0.4, -0.2) is 20.7 Å². The summed E-state index contributed by atoms with van der Waals surface area (Å²) in [6.07, 6.45) is 2.84. The van der Waals surface area contributed by atoms with Gasteiger partial charge in [-0.15, -0.1) is 0 Å². The third-order valence-corrected chi connectivity index (χ3v) is 4.73. The normalized spacial score (nSPS) is 10.6. The summed E-state index contributed by atoms with van der Waals surface area (Å²) in [6, 6.07) is 7.43. The van der Waals surface area contributed by atoms with Crippen molar-refractivity contribution in [1.82, 2.24) is 9.61 Å². The van der Waals surface area contributed by atoms with Gasteiger partial charge < -0.3 is 10.4 Å². The maximum absolute atomic E-state index is 11.4. The van der Waals surface area contributed by atoms with Crippen LogP contribution in [0.25, 0.3) is 5.52 Å². The van der Waals surface area contributed by atoms with Crippen LogP contribution in [0.5, 0.6) is 0 Å². The molecule has 2 heterocycles. The fraction of sp³-hybridized carbons (Fsp3) is 0.0625. The van der Waals surface area contributed by atoms with Crippen LogP contribution < -0.4 is 5.32 Å². The van der Waals surface area contributed by atoms with E-state index in [4.69, 9.17) is 11.6 Å². The summed E-state index contributed by atoms with van der Waals surface area (Å²) in [5, 5.41) is 26.6. The van der Waals surface area contributed by atoms with Gasteiger partial charge in [-0.3, -0.25) is 0 Å². The van der Waals surface area contributed by atoms with Crippen molar-refractivity contribution in [3.63, 3.8) is 0 Å². The summed E-state index contributed by atoms with van der Waals surface area (Å²) in [4.78, 5) is 11.4. The van der Waals surface area contributed by atoms with Crippen LogP contribution >= 0.6 is 34.2 Å². The lowest BCUT2D eigenvalue weighted by Crippen LogP contribution is -2.02. The molecule has 120 valence electrons. The number of halogens is 2. The number of nitrogens with one attached hydrogen (secondary N) is 1. The van der Waals surface area contributed by atoms with Gasteiger partial charge in [0, 0.05) is 14.8 Å². The molecule has 3 aromatic rings. The Morgan fingerprint density at radius 1 is 1.50 bits per heavy atom. The zero-order chi connectivity index (χ0) is 17.4. The highest BCUT2D eigenvalue weighted by Crippen LogP contribution is 2.32. The summed E-state index contributed by atoms with van der Waals surface area (Å²) in [6.45, 7) is 1.69. The van der Waals surface area contributed by atoms with Crippen molar-refractivity contribution >= 4 is 57.1 Å². The number of carbonyl (C=O) groups is 1. The predicted molar refractivity (Wildman–Crippen MR) is 99.1 cm³/mol. The molecular formula is C16H10ClIN4O2. The topological polar surface area (TPSA) is 90.4 Å². The lowest BCUT2D eigenvalue weighted by Gasteiger charge is -2.12. The van der Waals surface area contributed by atoms with Gasteiger partial charge in [0.15, 0.2) is 0 Å². The maximum Gasteiger partial charge on any atom is 0.337 e. The highest BCUT2D eigenvalue weighted by atomic mass is 127. The van der Waals surface area contributed by atoms with E-state index in [1.165, 1.54) is 16.9 Å². The summed E-state index contributed by atoms with van der Waals surface area (Å²) < 4.78 is 2.34. The maximum atomic E-state index is 11.4. The smallest absolute Gasteiger partial charge is 0.337 e. The summed E-state index contributed by atoms with van der Waals surface area (Å²) >= 11 is 8.11. The lowest BCUT2D eigenvalue weighted by molar-refractivity contribution is 0.0696. The molecule has 2 N–H and O–H groups in total. The predicted octanol–water partition coefficient (Wildman–Crippen LogP) is 4.21. The Morgan fingerprint density at radius 3 is 2.88 bits per heavy atom.